The number of nitrogens with one attached hydrogen (secondary N) is 1. The number of hydrogen-bond donors (Lipinski definition) is 2. The van der Waals surface area contributed by atoms with Crippen molar-refractivity contribution in [3.63, 3.8) is 0 Å². The molecule has 0 unspecified atom stereocenters. The molecule has 1 amide bonds. The smallest absolute Gasteiger partial charge is 0.335 e. The third kappa shape index (κ3) is 4.02. The molecule has 0 aliphatic heterocycles. The van der Waals surface area contributed by atoms with Crippen LogP contribution in [0.1, 0.15) is 17.3 Å². The Labute approximate surface area is 131 Å². The molecule has 0 atom stereocenters. The highest BCUT2D eigenvalue weighted by molar-refractivity contribution is 9.10. The van der Waals surface area contributed by atoms with Crippen molar-refractivity contribution < 1.29 is 23.1 Å². The molecule has 21 heavy (non-hydrogen) atoms. The first-order valence-electron chi connectivity index (χ1n) is 5.97. The second-order valence-electron chi connectivity index (χ2n) is 4.05. The second kappa shape index (κ2) is 7.01. The highest BCUT2D eigenvalue weighted by Gasteiger charge is 2.27. The number of rotatable bonds is 6. The van der Waals surface area contributed by atoms with Crippen molar-refractivity contribution in [3.05, 3.63) is 28.2 Å². The van der Waals surface area contributed by atoms with Gasteiger partial charge in [-0.1, -0.05) is 6.92 Å². The molecule has 0 spiro atoms. The van der Waals surface area contributed by atoms with Crippen LogP contribution in [0.5, 0.6) is 0 Å². The highest BCUT2D eigenvalue weighted by Crippen LogP contribution is 2.26. The van der Waals surface area contributed by atoms with Crippen LogP contribution in [-0.2, 0) is 14.8 Å². The monoisotopic (exact) mass is 378 g/mol. The summed E-state index contributed by atoms with van der Waals surface area (Å²) in [4.78, 5) is 22.2. The van der Waals surface area contributed by atoms with Crippen molar-refractivity contribution in [3.8, 4) is 0 Å². The molecule has 2 N–H and O–H groups in total. The number of carbonyl (C=O) groups is 2. The van der Waals surface area contributed by atoms with Crippen molar-refractivity contribution in [1.82, 2.24) is 9.62 Å². The largest absolute Gasteiger partial charge is 0.478 e. The highest BCUT2D eigenvalue weighted by atomic mass is 79.9. The van der Waals surface area contributed by atoms with E-state index in [4.69, 9.17) is 5.11 Å². The standard InChI is InChI=1S/C12H15BrN2O5S/c1-3-15(7-11(16)14-2)21(19,20)10-5-4-8(12(17)18)6-9(10)13/h4-6H,3,7H2,1-2H3,(H,14,16)(H,17,18). The minimum absolute atomic E-state index is 0.0322. The van der Waals surface area contributed by atoms with Gasteiger partial charge >= 0.3 is 5.97 Å². The Bertz CT molecular complexity index is 660. The maximum atomic E-state index is 12.5. The van der Waals surface area contributed by atoms with Gasteiger partial charge in [-0.25, -0.2) is 13.2 Å². The van der Waals surface area contributed by atoms with E-state index in [-0.39, 0.29) is 28.0 Å². The number of aromatic carboxylic acids is 1. The first kappa shape index (κ1) is 17.6. The minimum atomic E-state index is -3.90. The first-order chi connectivity index (χ1) is 9.73. The van der Waals surface area contributed by atoms with Gasteiger partial charge in [0.05, 0.1) is 17.0 Å². The van der Waals surface area contributed by atoms with Crippen molar-refractivity contribution in [1.29, 1.82) is 0 Å². The number of hydrogen-bond acceptors (Lipinski definition) is 4. The molecule has 0 aliphatic rings. The van der Waals surface area contributed by atoms with E-state index < -0.39 is 21.9 Å². The fraction of sp³-hybridized carbons (Fsp3) is 0.333. The summed E-state index contributed by atoms with van der Waals surface area (Å²) in [6, 6.07) is 3.62. The molecule has 1 aromatic carbocycles. The van der Waals surface area contributed by atoms with Gasteiger partial charge in [0.15, 0.2) is 0 Å². The molecule has 1 aromatic rings. The Morgan fingerprint density at radius 2 is 2.00 bits per heavy atom. The topological polar surface area (TPSA) is 104 Å². The van der Waals surface area contributed by atoms with Crippen molar-refractivity contribution >= 4 is 37.8 Å². The quantitative estimate of drug-likeness (QED) is 0.765. The van der Waals surface area contributed by atoms with Gasteiger partial charge < -0.3 is 10.4 Å². The fourth-order valence-electron chi connectivity index (χ4n) is 1.59. The lowest BCUT2D eigenvalue weighted by molar-refractivity contribution is -0.120. The summed E-state index contributed by atoms with van der Waals surface area (Å²) in [5.74, 6) is -1.59. The van der Waals surface area contributed by atoms with Crippen LogP contribution in [0.2, 0.25) is 0 Å². The zero-order valence-electron chi connectivity index (χ0n) is 11.5. The lowest BCUT2D eigenvalue weighted by atomic mass is 10.2. The molecule has 0 aliphatic carbocycles. The summed E-state index contributed by atoms with van der Waals surface area (Å²) < 4.78 is 26.1. The average Bonchev–Trinajstić information content (AvgIpc) is 2.43. The molecule has 7 nitrogen and oxygen atoms in total. The summed E-state index contributed by atoms with van der Waals surface area (Å²) in [5, 5.41) is 11.2. The Morgan fingerprint density at radius 1 is 1.38 bits per heavy atom. The lowest BCUT2D eigenvalue weighted by Crippen LogP contribution is -2.39. The SMILES string of the molecule is CCN(CC(=O)NC)S(=O)(=O)c1ccc(C(=O)O)cc1Br. The van der Waals surface area contributed by atoms with Gasteiger partial charge in [0, 0.05) is 18.1 Å². The van der Waals surface area contributed by atoms with Gasteiger partial charge in [-0.05, 0) is 34.1 Å². The zero-order valence-corrected chi connectivity index (χ0v) is 13.9. The molecular weight excluding hydrogens is 364 g/mol. The van der Waals surface area contributed by atoms with Gasteiger partial charge in [-0.3, -0.25) is 4.79 Å². The van der Waals surface area contributed by atoms with Gasteiger partial charge in [-0.15, -0.1) is 0 Å². The summed E-state index contributed by atoms with van der Waals surface area (Å²) in [6.07, 6.45) is 0. The maximum Gasteiger partial charge on any atom is 0.335 e. The first-order valence-corrected chi connectivity index (χ1v) is 8.21. The summed E-state index contributed by atoms with van der Waals surface area (Å²) in [5.41, 5.74) is -0.0322. The van der Waals surface area contributed by atoms with Gasteiger partial charge in [0.25, 0.3) is 0 Å². The Kier molecular flexibility index (Phi) is 5.87. The number of carbonyl (C=O) groups excluding carboxylic acids is 1. The van der Waals surface area contributed by atoms with Crippen LogP contribution < -0.4 is 5.32 Å². The molecule has 0 radical (unpaired) electrons. The van der Waals surface area contributed by atoms with E-state index in [1.807, 2.05) is 0 Å². The molecule has 116 valence electrons. The third-order valence-electron chi connectivity index (χ3n) is 2.75. The van der Waals surface area contributed by atoms with Crippen LogP contribution in [0.4, 0.5) is 0 Å². The van der Waals surface area contributed by atoms with Gasteiger partial charge in [0.2, 0.25) is 15.9 Å². The molecule has 0 saturated heterocycles. The number of likely N-dealkylation sites (N-methyl/N-ethyl adjacent to an activating group) is 2. The Balaban J connectivity index is 3.23. The third-order valence-corrected chi connectivity index (χ3v) is 5.65. The van der Waals surface area contributed by atoms with Crippen molar-refractivity contribution in [2.24, 2.45) is 0 Å². The number of sulfonamides is 1. The van der Waals surface area contributed by atoms with E-state index >= 15 is 0 Å². The van der Waals surface area contributed by atoms with Crippen molar-refractivity contribution in [2.45, 2.75) is 11.8 Å². The molecule has 0 bridgehead atoms. The number of benzene rings is 1. The molecular formula is C12H15BrN2O5S. The molecule has 0 fully saturated rings. The Morgan fingerprint density at radius 3 is 2.43 bits per heavy atom. The number of carboxylic acids is 1. The normalized spacial score (nSPS) is 11.4. The molecule has 0 saturated carbocycles. The van der Waals surface area contributed by atoms with E-state index in [0.29, 0.717) is 0 Å². The van der Waals surface area contributed by atoms with Gasteiger partial charge in [0.1, 0.15) is 0 Å². The fourth-order valence-corrected chi connectivity index (χ4v) is 4.03. The van der Waals surface area contributed by atoms with E-state index in [1.165, 1.54) is 25.2 Å². The van der Waals surface area contributed by atoms with Crippen LogP contribution >= 0.6 is 15.9 Å². The number of halogens is 1. The molecule has 9 heteroatoms. The summed E-state index contributed by atoms with van der Waals surface area (Å²) >= 11 is 3.06. The van der Waals surface area contributed by atoms with Crippen LogP contribution in [-0.4, -0.2) is 49.8 Å². The van der Waals surface area contributed by atoms with Crippen LogP contribution in [0.15, 0.2) is 27.6 Å². The van der Waals surface area contributed by atoms with E-state index in [2.05, 4.69) is 21.2 Å². The predicted molar refractivity (Wildman–Crippen MR) is 79.6 cm³/mol. The van der Waals surface area contributed by atoms with Gasteiger partial charge in [-0.2, -0.15) is 4.31 Å². The van der Waals surface area contributed by atoms with E-state index in [9.17, 15) is 18.0 Å². The molecule has 1 rings (SSSR count). The lowest BCUT2D eigenvalue weighted by Gasteiger charge is -2.20. The second-order valence-corrected chi connectivity index (χ2v) is 6.82. The molecule has 0 aromatic heterocycles. The summed E-state index contributed by atoms with van der Waals surface area (Å²) in [7, 11) is -2.48. The molecule has 0 heterocycles. The summed E-state index contributed by atoms with van der Waals surface area (Å²) in [6.45, 7) is 1.42. The van der Waals surface area contributed by atoms with Crippen LogP contribution in [0, 0.1) is 0 Å². The Hall–Kier alpha value is -1.45. The number of amides is 1. The van der Waals surface area contributed by atoms with Crippen LogP contribution in [0.25, 0.3) is 0 Å². The van der Waals surface area contributed by atoms with Crippen LogP contribution in [0.3, 0.4) is 0 Å². The predicted octanol–water partition coefficient (Wildman–Crippen LogP) is 0.904. The zero-order chi connectivity index (χ0) is 16.2. The van der Waals surface area contributed by atoms with Crippen molar-refractivity contribution in [2.75, 3.05) is 20.1 Å². The number of nitrogens with zero attached hydrogens (tertiary/aromatic N) is 1. The minimum Gasteiger partial charge on any atom is -0.478 e. The maximum absolute atomic E-state index is 12.5. The van der Waals surface area contributed by atoms with E-state index in [1.54, 1.807) is 6.92 Å². The van der Waals surface area contributed by atoms with E-state index in [0.717, 1.165) is 4.31 Å². The average molecular weight is 379 g/mol. The number of carboxylic acid groups (broad SMARTS) is 1.